The second-order valence-corrected chi connectivity index (χ2v) is 6.98. The van der Waals surface area contributed by atoms with E-state index in [2.05, 4.69) is 26.1 Å². The normalized spacial score (nSPS) is 14.7. The van der Waals surface area contributed by atoms with Gasteiger partial charge in [0.25, 0.3) is 0 Å². The highest BCUT2D eigenvalue weighted by molar-refractivity contribution is 6.36. The van der Waals surface area contributed by atoms with Gasteiger partial charge in [-0.1, -0.05) is 29.3 Å². The topological polar surface area (TPSA) is 41.5 Å². The Balaban J connectivity index is 1.59. The number of nitrogens with zero attached hydrogens (tertiary/aromatic N) is 4. The van der Waals surface area contributed by atoms with E-state index in [1.165, 1.54) is 0 Å². The number of rotatable bonds is 3. The molecule has 1 aliphatic heterocycles. The van der Waals surface area contributed by atoms with Crippen LogP contribution in [-0.4, -0.2) is 43.5 Å². The van der Waals surface area contributed by atoms with E-state index in [0.29, 0.717) is 16.3 Å². The van der Waals surface area contributed by atoms with Crippen LogP contribution < -0.4 is 14.5 Å². The summed E-state index contributed by atoms with van der Waals surface area (Å²) in [4.78, 5) is 4.66. The van der Waals surface area contributed by atoms with Gasteiger partial charge in [-0.05, 0) is 30.3 Å². The number of fused-ring (bicyclic) bond motifs is 1. The smallest absolute Gasteiger partial charge is 0.139 e. The van der Waals surface area contributed by atoms with Gasteiger partial charge in [0.1, 0.15) is 16.3 Å². The first-order valence-corrected chi connectivity index (χ1v) is 9.16. The minimum Gasteiger partial charge on any atom is -0.495 e. The summed E-state index contributed by atoms with van der Waals surface area (Å²) in [5, 5.41) is 10.6. The number of ether oxygens (including phenoxy) is 1. The van der Waals surface area contributed by atoms with E-state index < -0.39 is 0 Å². The second kappa shape index (κ2) is 7.17. The minimum absolute atomic E-state index is 0.497. The Hall–Kier alpha value is -2.24. The van der Waals surface area contributed by atoms with Gasteiger partial charge in [-0.25, -0.2) is 0 Å². The lowest BCUT2D eigenvalue weighted by Gasteiger charge is -2.37. The number of aromatic nitrogens is 2. The molecule has 4 rings (SSSR count). The predicted octanol–water partition coefficient (Wildman–Crippen LogP) is 4.27. The summed E-state index contributed by atoms with van der Waals surface area (Å²) in [6, 6.07) is 11.9. The maximum absolute atomic E-state index is 6.40. The van der Waals surface area contributed by atoms with E-state index in [-0.39, 0.29) is 0 Å². The summed E-state index contributed by atoms with van der Waals surface area (Å²) in [5.41, 5.74) is 2.87. The van der Waals surface area contributed by atoms with E-state index in [1.54, 1.807) is 13.3 Å². The first-order chi connectivity index (χ1) is 12.7. The molecule has 0 atom stereocenters. The number of hydrogen-bond donors (Lipinski definition) is 0. The molecule has 1 saturated heterocycles. The van der Waals surface area contributed by atoms with Gasteiger partial charge in [-0.2, -0.15) is 5.10 Å². The average molecular weight is 389 g/mol. The van der Waals surface area contributed by atoms with Crippen molar-refractivity contribution in [3.63, 3.8) is 0 Å². The molecule has 0 N–H and O–H groups in total. The van der Waals surface area contributed by atoms with Crippen LogP contribution >= 0.6 is 23.2 Å². The molecule has 1 fully saturated rings. The van der Waals surface area contributed by atoms with Crippen LogP contribution in [0.25, 0.3) is 10.9 Å². The highest BCUT2D eigenvalue weighted by Gasteiger charge is 2.21. The Bertz CT molecular complexity index is 942. The summed E-state index contributed by atoms with van der Waals surface area (Å²) in [5.74, 6) is 0.608. The summed E-state index contributed by atoms with van der Waals surface area (Å²) in [6.07, 6.45) is 1.81. The molecule has 1 aromatic heterocycles. The first-order valence-electron chi connectivity index (χ1n) is 8.40. The van der Waals surface area contributed by atoms with Crippen molar-refractivity contribution in [3.05, 3.63) is 52.6 Å². The molecule has 0 aliphatic carbocycles. The van der Waals surface area contributed by atoms with Gasteiger partial charge >= 0.3 is 0 Å². The zero-order valence-electron chi connectivity index (χ0n) is 14.3. The third kappa shape index (κ3) is 3.13. The number of piperazine rings is 1. The maximum atomic E-state index is 6.40. The van der Waals surface area contributed by atoms with Gasteiger partial charge in [0.2, 0.25) is 0 Å². The fraction of sp³-hybridized carbons (Fsp3) is 0.263. The largest absolute Gasteiger partial charge is 0.495 e. The van der Waals surface area contributed by atoms with Crippen LogP contribution in [0.3, 0.4) is 0 Å². The summed E-state index contributed by atoms with van der Waals surface area (Å²) in [7, 11) is 1.60. The average Bonchev–Trinajstić information content (AvgIpc) is 2.68. The van der Waals surface area contributed by atoms with Gasteiger partial charge in [0.15, 0.2) is 0 Å². The van der Waals surface area contributed by atoms with E-state index in [4.69, 9.17) is 27.9 Å². The molecule has 0 spiro atoms. The summed E-state index contributed by atoms with van der Waals surface area (Å²) >= 11 is 12.5. The zero-order valence-corrected chi connectivity index (χ0v) is 15.8. The third-order valence-corrected chi connectivity index (χ3v) is 5.31. The Morgan fingerprint density at radius 1 is 1.00 bits per heavy atom. The zero-order chi connectivity index (χ0) is 18.1. The van der Waals surface area contributed by atoms with E-state index >= 15 is 0 Å². The highest BCUT2D eigenvalue weighted by Crippen LogP contribution is 2.35. The van der Waals surface area contributed by atoms with Crippen molar-refractivity contribution >= 4 is 45.5 Å². The number of anilines is 2. The molecule has 26 heavy (non-hydrogen) atoms. The van der Waals surface area contributed by atoms with Crippen LogP contribution in [0.15, 0.2) is 42.6 Å². The van der Waals surface area contributed by atoms with Crippen LogP contribution in [0.1, 0.15) is 0 Å². The van der Waals surface area contributed by atoms with Crippen molar-refractivity contribution in [2.24, 2.45) is 0 Å². The number of hydrogen-bond acceptors (Lipinski definition) is 5. The van der Waals surface area contributed by atoms with Crippen molar-refractivity contribution in [2.75, 3.05) is 43.1 Å². The number of halogens is 2. The van der Waals surface area contributed by atoms with Crippen LogP contribution in [0.2, 0.25) is 10.0 Å². The first kappa shape index (κ1) is 17.2. The van der Waals surface area contributed by atoms with Gasteiger partial charge in [0, 0.05) is 42.3 Å². The Labute approximate surface area is 162 Å². The van der Waals surface area contributed by atoms with Gasteiger partial charge in [0.05, 0.1) is 19.0 Å². The SMILES string of the molecule is COc1ccc2c(N3CCN(c4cccc(Cl)c4)CC3)cnnc2c1Cl. The molecule has 0 unspecified atom stereocenters. The van der Waals surface area contributed by atoms with E-state index in [0.717, 1.165) is 48.0 Å². The molecule has 7 heteroatoms. The predicted molar refractivity (Wildman–Crippen MR) is 107 cm³/mol. The van der Waals surface area contributed by atoms with Crippen LogP contribution in [0.5, 0.6) is 5.75 Å². The highest BCUT2D eigenvalue weighted by atomic mass is 35.5. The molecule has 1 aliphatic rings. The van der Waals surface area contributed by atoms with Crippen LogP contribution in [-0.2, 0) is 0 Å². The molecule has 0 bridgehead atoms. The maximum Gasteiger partial charge on any atom is 0.139 e. The lowest BCUT2D eigenvalue weighted by Crippen LogP contribution is -2.46. The lowest BCUT2D eigenvalue weighted by atomic mass is 10.1. The quantitative estimate of drug-likeness (QED) is 0.669. The molecule has 134 valence electrons. The molecule has 0 radical (unpaired) electrons. The van der Waals surface area contributed by atoms with Crippen LogP contribution in [0.4, 0.5) is 11.4 Å². The molecule has 0 saturated carbocycles. The summed E-state index contributed by atoms with van der Waals surface area (Å²) < 4.78 is 5.28. The lowest BCUT2D eigenvalue weighted by molar-refractivity contribution is 0.415. The molecular formula is C19H18Cl2N4O. The molecule has 2 heterocycles. The molecule has 0 amide bonds. The monoisotopic (exact) mass is 388 g/mol. The van der Waals surface area contributed by atoms with Gasteiger partial charge < -0.3 is 14.5 Å². The van der Waals surface area contributed by atoms with Crippen molar-refractivity contribution in [2.45, 2.75) is 0 Å². The Morgan fingerprint density at radius 2 is 1.77 bits per heavy atom. The minimum atomic E-state index is 0.497. The molecule has 5 nitrogen and oxygen atoms in total. The third-order valence-electron chi connectivity index (χ3n) is 4.71. The van der Waals surface area contributed by atoms with Crippen LogP contribution in [0, 0.1) is 0 Å². The van der Waals surface area contributed by atoms with Gasteiger partial charge in [-0.15, -0.1) is 5.10 Å². The summed E-state index contributed by atoms with van der Waals surface area (Å²) in [6.45, 7) is 3.59. The fourth-order valence-electron chi connectivity index (χ4n) is 3.35. The number of methoxy groups -OCH3 is 1. The van der Waals surface area contributed by atoms with Crippen molar-refractivity contribution in [1.82, 2.24) is 10.2 Å². The van der Waals surface area contributed by atoms with Crippen molar-refractivity contribution in [3.8, 4) is 5.75 Å². The van der Waals surface area contributed by atoms with Crippen molar-refractivity contribution < 1.29 is 4.74 Å². The fourth-order valence-corrected chi connectivity index (χ4v) is 3.81. The van der Waals surface area contributed by atoms with E-state index in [1.807, 2.05) is 30.3 Å². The molecule has 2 aromatic carbocycles. The van der Waals surface area contributed by atoms with Crippen molar-refractivity contribution in [1.29, 1.82) is 0 Å². The molecule has 3 aromatic rings. The standard InChI is InChI=1S/C19H18Cl2N4O/c1-26-17-6-5-15-16(12-22-23-19(15)18(17)21)25-9-7-24(8-10-25)14-4-2-3-13(20)11-14/h2-6,11-12H,7-10H2,1H3. The molecular weight excluding hydrogens is 371 g/mol. The number of benzene rings is 2. The van der Waals surface area contributed by atoms with Gasteiger partial charge in [-0.3, -0.25) is 0 Å². The Morgan fingerprint density at radius 3 is 2.50 bits per heavy atom. The van der Waals surface area contributed by atoms with E-state index in [9.17, 15) is 0 Å². The Kier molecular flexibility index (Phi) is 4.74. The second-order valence-electron chi connectivity index (χ2n) is 6.16.